The van der Waals surface area contributed by atoms with Gasteiger partial charge < -0.3 is 5.32 Å². The van der Waals surface area contributed by atoms with E-state index in [1.165, 1.54) is 4.90 Å². The Bertz CT molecular complexity index is 1020. The number of rotatable bonds is 3. The molecule has 3 amide bonds. The molecule has 1 aliphatic heterocycles. The van der Waals surface area contributed by atoms with Crippen molar-refractivity contribution in [3.63, 3.8) is 0 Å². The molecular weight excluding hydrogens is 364 g/mol. The first-order chi connectivity index (χ1) is 13.9. The summed E-state index contributed by atoms with van der Waals surface area (Å²) in [6, 6.07) is 12.4. The Labute approximate surface area is 170 Å². The molecule has 5 nitrogen and oxygen atoms in total. The highest BCUT2D eigenvalue weighted by molar-refractivity contribution is 6.22. The van der Waals surface area contributed by atoms with Crippen molar-refractivity contribution >= 4 is 29.1 Å². The molecule has 1 fully saturated rings. The largest absolute Gasteiger partial charge is 0.322 e. The Kier molecular flexibility index (Phi) is 4.82. The summed E-state index contributed by atoms with van der Waals surface area (Å²) in [6.45, 7) is 5.99. The smallest absolute Gasteiger partial charge is 0.255 e. The molecule has 148 valence electrons. The molecule has 2 aromatic rings. The molecule has 2 aliphatic rings. The number of fused-ring (bicyclic) bond motifs is 1. The van der Waals surface area contributed by atoms with Gasteiger partial charge in [-0.15, -0.1) is 0 Å². The second kappa shape index (κ2) is 7.32. The van der Waals surface area contributed by atoms with Crippen LogP contribution >= 0.6 is 0 Å². The molecular formula is C24H24N2O3. The Balaban J connectivity index is 1.52. The minimum atomic E-state index is -0.291. The Morgan fingerprint density at radius 3 is 2.38 bits per heavy atom. The summed E-state index contributed by atoms with van der Waals surface area (Å²) in [5.74, 6) is -1.05. The number of benzene rings is 2. The molecule has 0 aromatic heterocycles. The maximum Gasteiger partial charge on any atom is 0.255 e. The summed E-state index contributed by atoms with van der Waals surface area (Å²) >= 11 is 0. The van der Waals surface area contributed by atoms with Crippen LogP contribution in [0, 0.1) is 31.6 Å². The minimum Gasteiger partial charge on any atom is -0.322 e. The number of aryl methyl sites for hydroxylation is 2. The van der Waals surface area contributed by atoms with Gasteiger partial charge in [-0.1, -0.05) is 25.1 Å². The fraction of sp³-hybridized carbons (Fsp3) is 0.292. The Morgan fingerprint density at radius 2 is 1.72 bits per heavy atom. The molecule has 1 heterocycles. The van der Waals surface area contributed by atoms with Crippen LogP contribution in [0.15, 0.2) is 54.6 Å². The molecule has 0 spiro atoms. The number of hydrogen-bond acceptors (Lipinski definition) is 3. The van der Waals surface area contributed by atoms with Gasteiger partial charge in [-0.2, -0.15) is 0 Å². The molecule has 0 unspecified atom stereocenters. The Morgan fingerprint density at radius 1 is 1.00 bits per heavy atom. The van der Waals surface area contributed by atoms with Crippen LogP contribution in [0.5, 0.6) is 0 Å². The Hall–Kier alpha value is -3.21. The van der Waals surface area contributed by atoms with Crippen molar-refractivity contribution in [1.82, 2.24) is 0 Å². The zero-order valence-electron chi connectivity index (χ0n) is 16.8. The number of amides is 3. The van der Waals surface area contributed by atoms with E-state index in [-0.39, 0.29) is 35.5 Å². The third-order valence-corrected chi connectivity index (χ3v) is 6.03. The zero-order valence-corrected chi connectivity index (χ0v) is 16.8. The molecule has 1 aliphatic carbocycles. The number of anilines is 2. The van der Waals surface area contributed by atoms with Crippen LogP contribution in [-0.2, 0) is 9.59 Å². The average Bonchev–Trinajstić information content (AvgIpc) is 2.96. The molecule has 3 atom stereocenters. The lowest BCUT2D eigenvalue weighted by Crippen LogP contribution is -2.31. The van der Waals surface area contributed by atoms with Crippen LogP contribution in [0.1, 0.15) is 34.8 Å². The van der Waals surface area contributed by atoms with E-state index in [4.69, 9.17) is 0 Å². The monoisotopic (exact) mass is 388 g/mol. The van der Waals surface area contributed by atoms with Gasteiger partial charge >= 0.3 is 0 Å². The summed E-state index contributed by atoms with van der Waals surface area (Å²) in [7, 11) is 0. The SMILES string of the molecule is Cc1ccc(NC(=O)c2ccc(N3C(=O)[C@H]4[C@H](C)C=CC[C@H]4C3=O)cc2)cc1C. The van der Waals surface area contributed by atoms with Crippen molar-refractivity contribution < 1.29 is 14.4 Å². The quantitative estimate of drug-likeness (QED) is 0.631. The van der Waals surface area contributed by atoms with Gasteiger partial charge in [0.25, 0.3) is 5.91 Å². The normalized spacial score (nSPS) is 23.3. The molecule has 0 saturated carbocycles. The summed E-state index contributed by atoms with van der Waals surface area (Å²) in [5, 5.41) is 2.88. The molecule has 0 bridgehead atoms. The zero-order chi connectivity index (χ0) is 20.7. The predicted molar refractivity (Wildman–Crippen MR) is 113 cm³/mol. The third kappa shape index (κ3) is 3.37. The molecule has 1 saturated heterocycles. The summed E-state index contributed by atoms with van der Waals surface area (Å²) in [5.41, 5.74) is 3.99. The van der Waals surface area contributed by atoms with Crippen molar-refractivity contribution in [3.05, 3.63) is 71.3 Å². The first kappa shape index (κ1) is 19.1. The van der Waals surface area contributed by atoms with Gasteiger partial charge in [0.05, 0.1) is 17.5 Å². The van der Waals surface area contributed by atoms with Crippen LogP contribution in [0.25, 0.3) is 0 Å². The lowest BCUT2D eigenvalue weighted by molar-refractivity contribution is -0.122. The minimum absolute atomic E-state index is 0.0539. The van der Waals surface area contributed by atoms with Gasteiger partial charge in [0.2, 0.25) is 11.8 Å². The van der Waals surface area contributed by atoms with Crippen LogP contribution in [0.4, 0.5) is 11.4 Å². The first-order valence-electron chi connectivity index (χ1n) is 9.90. The summed E-state index contributed by atoms with van der Waals surface area (Å²) in [6.07, 6.45) is 4.60. The van der Waals surface area contributed by atoms with Crippen LogP contribution in [0.2, 0.25) is 0 Å². The first-order valence-corrected chi connectivity index (χ1v) is 9.90. The van der Waals surface area contributed by atoms with E-state index in [0.29, 0.717) is 17.7 Å². The number of allylic oxidation sites excluding steroid dienone is 2. The van der Waals surface area contributed by atoms with Crippen molar-refractivity contribution in [2.75, 3.05) is 10.2 Å². The van der Waals surface area contributed by atoms with Crippen LogP contribution < -0.4 is 10.2 Å². The molecule has 29 heavy (non-hydrogen) atoms. The standard InChI is InChI=1S/C24H24N2O3/c1-14-7-10-18(13-16(14)3)25-22(27)17-8-11-19(12-9-17)26-23(28)20-6-4-5-15(2)21(20)24(26)29/h4-5,7-13,15,20-21H,6H2,1-3H3,(H,25,27)/t15-,20-,21+/m1/s1. The number of nitrogens with one attached hydrogen (secondary N) is 1. The molecule has 0 radical (unpaired) electrons. The van der Waals surface area contributed by atoms with Gasteiger partial charge in [0, 0.05) is 11.3 Å². The van der Waals surface area contributed by atoms with Gasteiger partial charge in [-0.3, -0.25) is 19.3 Å². The maximum atomic E-state index is 12.9. The molecule has 5 heteroatoms. The van der Waals surface area contributed by atoms with E-state index in [0.717, 1.165) is 16.8 Å². The van der Waals surface area contributed by atoms with E-state index in [1.807, 2.05) is 51.1 Å². The van der Waals surface area contributed by atoms with E-state index >= 15 is 0 Å². The summed E-state index contributed by atoms with van der Waals surface area (Å²) in [4.78, 5) is 39.5. The molecule has 1 N–H and O–H groups in total. The third-order valence-electron chi connectivity index (χ3n) is 6.03. The lowest BCUT2D eigenvalue weighted by atomic mass is 9.78. The molecule has 2 aromatic carbocycles. The van der Waals surface area contributed by atoms with E-state index in [1.54, 1.807) is 24.3 Å². The highest BCUT2D eigenvalue weighted by atomic mass is 16.2. The van der Waals surface area contributed by atoms with Crippen molar-refractivity contribution in [1.29, 1.82) is 0 Å². The highest BCUT2D eigenvalue weighted by Gasteiger charge is 2.50. The van der Waals surface area contributed by atoms with Crippen molar-refractivity contribution in [2.24, 2.45) is 17.8 Å². The number of imide groups is 1. The predicted octanol–water partition coefficient (Wildman–Crippen LogP) is 4.26. The average molecular weight is 388 g/mol. The topological polar surface area (TPSA) is 66.5 Å². The fourth-order valence-corrected chi connectivity index (χ4v) is 4.19. The fourth-order valence-electron chi connectivity index (χ4n) is 4.19. The van der Waals surface area contributed by atoms with Gasteiger partial charge in [-0.25, -0.2) is 0 Å². The van der Waals surface area contributed by atoms with Gasteiger partial charge in [-0.05, 0) is 73.7 Å². The number of hydrogen-bond donors (Lipinski definition) is 1. The van der Waals surface area contributed by atoms with Crippen molar-refractivity contribution in [3.8, 4) is 0 Å². The second-order valence-corrected chi connectivity index (χ2v) is 7.97. The van der Waals surface area contributed by atoms with E-state index in [2.05, 4.69) is 5.32 Å². The number of carbonyl (C=O) groups excluding carboxylic acids is 3. The number of nitrogens with zero attached hydrogens (tertiary/aromatic N) is 1. The van der Waals surface area contributed by atoms with Crippen LogP contribution in [-0.4, -0.2) is 17.7 Å². The molecule has 4 rings (SSSR count). The maximum absolute atomic E-state index is 12.9. The summed E-state index contributed by atoms with van der Waals surface area (Å²) < 4.78 is 0. The lowest BCUT2D eigenvalue weighted by Gasteiger charge is -2.22. The van der Waals surface area contributed by atoms with Gasteiger partial charge in [0.15, 0.2) is 0 Å². The van der Waals surface area contributed by atoms with Crippen LogP contribution in [0.3, 0.4) is 0 Å². The van der Waals surface area contributed by atoms with E-state index in [9.17, 15) is 14.4 Å². The van der Waals surface area contributed by atoms with E-state index < -0.39 is 0 Å². The second-order valence-electron chi connectivity index (χ2n) is 7.97. The highest BCUT2D eigenvalue weighted by Crippen LogP contribution is 2.40. The van der Waals surface area contributed by atoms with Gasteiger partial charge in [0.1, 0.15) is 0 Å². The van der Waals surface area contributed by atoms with Crippen molar-refractivity contribution in [2.45, 2.75) is 27.2 Å². The number of carbonyl (C=O) groups is 3.